The minimum atomic E-state index is -0.0833. The van der Waals surface area contributed by atoms with Gasteiger partial charge < -0.3 is 10.6 Å². The van der Waals surface area contributed by atoms with E-state index in [4.69, 9.17) is 0 Å². The second-order valence-corrected chi connectivity index (χ2v) is 5.13. The van der Waals surface area contributed by atoms with Gasteiger partial charge in [0.25, 0.3) is 5.91 Å². The zero-order valence-electron chi connectivity index (χ0n) is 8.85. The Morgan fingerprint density at radius 2 is 2.19 bits per heavy atom. The number of rotatable bonds is 2. The lowest BCUT2D eigenvalue weighted by atomic mass is 10.00. The molecule has 0 aromatic carbocycles. The van der Waals surface area contributed by atoms with Gasteiger partial charge in [0.1, 0.15) is 0 Å². The van der Waals surface area contributed by atoms with Gasteiger partial charge in [-0.15, -0.1) is 0 Å². The lowest BCUT2D eigenvalue weighted by molar-refractivity contribution is 0.0920. The van der Waals surface area contributed by atoms with Gasteiger partial charge in [-0.1, -0.05) is 0 Å². The average molecular weight is 238 g/mol. The van der Waals surface area contributed by atoms with Gasteiger partial charge in [0, 0.05) is 18.1 Å². The number of nitrogens with one attached hydrogen (secondary N) is 2. The third-order valence-corrected chi connectivity index (χ3v) is 3.88. The van der Waals surface area contributed by atoms with E-state index in [1.54, 1.807) is 0 Å². The van der Waals surface area contributed by atoms with Gasteiger partial charge in [-0.2, -0.15) is 8.75 Å². The summed E-state index contributed by atoms with van der Waals surface area (Å²) in [5.41, 5.74) is 0.441. The third kappa shape index (κ3) is 1.94. The van der Waals surface area contributed by atoms with E-state index in [0.29, 0.717) is 23.8 Å². The van der Waals surface area contributed by atoms with E-state index >= 15 is 0 Å². The Balaban J connectivity index is 1.61. The largest absolute Gasteiger partial charge is 0.348 e. The van der Waals surface area contributed by atoms with Crippen molar-refractivity contribution in [3.63, 3.8) is 0 Å². The van der Waals surface area contributed by atoms with Crippen molar-refractivity contribution in [2.45, 2.75) is 43.8 Å². The molecule has 5 nitrogen and oxygen atoms in total. The molecule has 2 bridgehead atoms. The second-order valence-electron chi connectivity index (χ2n) is 4.57. The molecule has 1 amide bonds. The molecule has 2 aliphatic heterocycles. The van der Waals surface area contributed by atoms with Crippen LogP contribution in [0.4, 0.5) is 0 Å². The highest BCUT2D eigenvalue weighted by molar-refractivity contribution is 6.99. The van der Waals surface area contributed by atoms with Crippen molar-refractivity contribution in [3.05, 3.63) is 11.9 Å². The van der Waals surface area contributed by atoms with Crippen molar-refractivity contribution in [1.82, 2.24) is 19.4 Å². The van der Waals surface area contributed by atoms with Crippen LogP contribution in [0.1, 0.15) is 36.2 Å². The fourth-order valence-corrected chi connectivity index (χ4v) is 3.11. The molecule has 2 aliphatic rings. The predicted octanol–water partition coefficient (Wildman–Crippen LogP) is 0.551. The van der Waals surface area contributed by atoms with Crippen LogP contribution >= 0.6 is 11.7 Å². The molecule has 0 radical (unpaired) electrons. The van der Waals surface area contributed by atoms with Crippen molar-refractivity contribution >= 4 is 17.6 Å². The highest BCUT2D eigenvalue weighted by atomic mass is 32.1. The number of hydrogen-bond acceptors (Lipinski definition) is 5. The summed E-state index contributed by atoms with van der Waals surface area (Å²) in [7, 11) is 0. The van der Waals surface area contributed by atoms with Crippen LogP contribution in [-0.2, 0) is 0 Å². The second kappa shape index (κ2) is 4.10. The number of carbonyl (C=O) groups excluding carboxylic acids is 1. The van der Waals surface area contributed by atoms with Crippen LogP contribution < -0.4 is 10.6 Å². The lowest BCUT2D eigenvalue weighted by Crippen LogP contribution is -2.48. The third-order valence-electron chi connectivity index (χ3n) is 3.40. The van der Waals surface area contributed by atoms with Crippen molar-refractivity contribution in [2.24, 2.45) is 0 Å². The van der Waals surface area contributed by atoms with E-state index in [1.807, 2.05) is 0 Å². The van der Waals surface area contributed by atoms with Crippen LogP contribution in [0.5, 0.6) is 0 Å². The van der Waals surface area contributed by atoms with Crippen LogP contribution in [-0.4, -0.2) is 32.8 Å². The van der Waals surface area contributed by atoms with E-state index < -0.39 is 0 Å². The maximum absolute atomic E-state index is 11.8. The smallest absolute Gasteiger partial charge is 0.272 e. The highest BCUT2D eigenvalue weighted by Crippen LogP contribution is 2.26. The van der Waals surface area contributed by atoms with Crippen LogP contribution in [0, 0.1) is 0 Å². The lowest BCUT2D eigenvalue weighted by Gasteiger charge is -2.29. The summed E-state index contributed by atoms with van der Waals surface area (Å²) >= 11 is 1.07. The van der Waals surface area contributed by atoms with Gasteiger partial charge in [-0.05, 0) is 25.7 Å². The molecule has 2 saturated heterocycles. The number of aromatic nitrogens is 2. The standard InChI is InChI=1S/C10H14N4OS/c15-10(9-5-11-16-14-9)13-8-3-6-1-2-7(4-8)12-6/h5-8,12H,1-4H2,(H,13,15). The van der Waals surface area contributed by atoms with Gasteiger partial charge in [-0.25, -0.2) is 0 Å². The van der Waals surface area contributed by atoms with Gasteiger partial charge in [-0.3, -0.25) is 4.79 Å². The molecule has 3 rings (SSSR count). The summed E-state index contributed by atoms with van der Waals surface area (Å²) in [5.74, 6) is -0.0833. The highest BCUT2D eigenvalue weighted by Gasteiger charge is 2.34. The van der Waals surface area contributed by atoms with Gasteiger partial charge in [0.15, 0.2) is 5.69 Å². The molecule has 1 aromatic heterocycles. The number of hydrogen-bond donors (Lipinski definition) is 2. The SMILES string of the molecule is O=C(NC1CC2CCC(C1)N2)c1cnsn1. The molecular weight excluding hydrogens is 224 g/mol. The number of amides is 1. The fourth-order valence-electron chi connectivity index (χ4n) is 2.70. The van der Waals surface area contributed by atoms with Crippen molar-refractivity contribution < 1.29 is 4.79 Å². The minimum absolute atomic E-state index is 0.0833. The Bertz CT molecular complexity index is 368. The number of piperidine rings is 1. The van der Waals surface area contributed by atoms with Crippen LogP contribution in [0.25, 0.3) is 0 Å². The van der Waals surface area contributed by atoms with E-state index in [0.717, 1.165) is 24.6 Å². The first kappa shape index (κ1) is 10.2. The molecule has 1 aromatic rings. The molecule has 2 fully saturated rings. The summed E-state index contributed by atoms with van der Waals surface area (Å²) in [6.07, 6.45) is 6.10. The van der Waals surface area contributed by atoms with Gasteiger partial charge in [0.2, 0.25) is 0 Å². The molecule has 86 valence electrons. The van der Waals surface area contributed by atoms with Crippen LogP contribution in [0.3, 0.4) is 0 Å². The van der Waals surface area contributed by atoms with Crippen molar-refractivity contribution in [3.8, 4) is 0 Å². The fraction of sp³-hybridized carbons (Fsp3) is 0.700. The zero-order chi connectivity index (χ0) is 11.0. The Kier molecular flexibility index (Phi) is 2.61. The summed E-state index contributed by atoms with van der Waals surface area (Å²) in [6.45, 7) is 0. The maximum Gasteiger partial charge on any atom is 0.272 e. The summed E-state index contributed by atoms with van der Waals surface area (Å²) < 4.78 is 7.77. The van der Waals surface area contributed by atoms with E-state index in [-0.39, 0.29) is 5.91 Å². The van der Waals surface area contributed by atoms with Crippen LogP contribution in [0.2, 0.25) is 0 Å². The molecule has 16 heavy (non-hydrogen) atoms. The molecule has 6 heteroatoms. The summed E-state index contributed by atoms with van der Waals surface area (Å²) in [5, 5.41) is 6.60. The van der Waals surface area contributed by atoms with E-state index in [9.17, 15) is 4.79 Å². The summed E-state index contributed by atoms with van der Waals surface area (Å²) in [4.78, 5) is 11.8. The Labute approximate surface area is 98.0 Å². The first-order valence-corrected chi connectivity index (χ1v) is 6.39. The van der Waals surface area contributed by atoms with E-state index in [2.05, 4.69) is 19.4 Å². The first-order chi connectivity index (χ1) is 7.81. The van der Waals surface area contributed by atoms with E-state index in [1.165, 1.54) is 19.0 Å². The molecular formula is C10H14N4OS. The molecule has 2 N–H and O–H groups in total. The summed E-state index contributed by atoms with van der Waals surface area (Å²) in [6, 6.07) is 1.49. The normalized spacial score (nSPS) is 32.6. The Morgan fingerprint density at radius 3 is 2.81 bits per heavy atom. The molecule has 0 spiro atoms. The maximum atomic E-state index is 11.8. The minimum Gasteiger partial charge on any atom is -0.348 e. The topological polar surface area (TPSA) is 66.9 Å². The molecule has 3 heterocycles. The number of carbonyl (C=O) groups is 1. The predicted molar refractivity (Wildman–Crippen MR) is 60.3 cm³/mol. The molecule has 0 saturated carbocycles. The molecule has 2 unspecified atom stereocenters. The molecule has 2 atom stereocenters. The Morgan fingerprint density at radius 1 is 1.44 bits per heavy atom. The monoisotopic (exact) mass is 238 g/mol. The number of nitrogens with zero attached hydrogens (tertiary/aromatic N) is 2. The van der Waals surface area contributed by atoms with Crippen molar-refractivity contribution in [1.29, 1.82) is 0 Å². The van der Waals surface area contributed by atoms with Crippen molar-refractivity contribution in [2.75, 3.05) is 0 Å². The quantitative estimate of drug-likeness (QED) is 0.789. The Hall–Kier alpha value is -1.01. The molecule has 0 aliphatic carbocycles. The number of fused-ring (bicyclic) bond motifs is 2. The van der Waals surface area contributed by atoms with Crippen LogP contribution in [0.15, 0.2) is 6.20 Å². The van der Waals surface area contributed by atoms with Gasteiger partial charge >= 0.3 is 0 Å². The zero-order valence-corrected chi connectivity index (χ0v) is 9.67. The first-order valence-electron chi connectivity index (χ1n) is 5.66. The average Bonchev–Trinajstić information content (AvgIpc) is 2.88. The van der Waals surface area contributed by atoms with Gasteiger partial charge in [0.05, 0.1) is 17.9 Å².